The van der Waals surface area contributed by atoms with Crippen molar-refractivity contribution in [1.82, 2.24) is 4.98 Å². The Labute approximate surface area is 113 Å². The van der Waals surface area contributed by atoms with E-state index in [0.29, 0.717) is 0 Å². The summed E-state index contributed by atoms with van der Waals surface area (Å²) in [5.74, 6) is -1.51. The second-order valence-corrected chi connectivity index (χ2v) is 4.47. The van der Waals surface area contributed by atoms with Gasteiger partial charge in [-0.25, -0.2) is 4.98 Å². The van der Waals surface area contributed by atoms with Gasteiger partial charge in [0, 0.05) is 10.8 Å². The number of nitrogens with zero attached hydrogens (tertiary/aromatic N) is 1. The Hall–Kier alpha value is -1.83. The molecule has 2 rings (SSSR count). The average molecular weight is 335 g/mol. The highest BCUT2D eigenvalue weighted by Gasteiger charge is 2.31. The molecule has 4 nitrogen and oxygen atoms in total. The molecule has 0 atom stereocenters. The molecule has 2 aromatic rings. The summed E-state index contributed by atoms with van der Waals surface area (Å²) >= 11 is 2.95. The first-order valence-electron chi connectivity index (χ1n) is 4.91. The van der Waals surface area contributed by atoms with Gasteiger partial charge in [-0.2, -0.15) is 13.2 Å². The molecule has 0 radical (unpaired) electrons. The molecule has 3 N–H and O–H groups in total. The fraction of sp³-hybridized carbons (Fsp3) is 0.0909. The molecule has 0 fully saturated rings. The van der Waals surface area contributed by atoms with Gasteiger partial charge in [-0.15, -0.1) is 0 Å². The molecular formula is C11H6BrF3N2O2. The monoisotopic (exact) mass is 334 g/mol. The number of alkyl halides is 3. The largest absolute Gasteiger partial charge is 0.505 e. The zero-order valence-electron chi connectivity index (χ0n) is 9.12. The number of hydrogen-bond donors (Lipinski definition) is 2. The van der Waals surface area contributed by atoms with Gasteiger partial charge in [-0.1, -0.05) is 0 Å². The summed E-state index contributed by atoms with van der Waals surface area (Å²) in [5.41, 5.74) is 3.73. The minimum atomic E-state index is -4.51. The molecule has 1 amide bonds. The zero-order chi connectivity index (χ0) is 14.4. The van der Waals surface area contributed by atoms with Crippen molar-refractivity contribution in [3.63, 3.8) is 0 Å². The number of rotatable bonds is 1. The number of halogens is 4. The number of benzene rings is 1. The van der Waals surface area contributed by atoms with Crippen LogP contribution in [0.3, 0.4) is 0 Å². The molecule has 100 valence electrons. The molecule has 0 spiro atoms. The van der Waals surface area contributed by atoms with E-state index in [1.165, 1.54) is 0 Å². The van der Waals surface area contributed by atoms with E-state index in [-0.39, 0.29) is 15.4 Å². The fourth-order valence-electron chi connectivity index (χ4n) is 1.61. The Morgan fingerprint density at radius 2 is 1.95 bits per heavy atom. The number of amides is 1. The van der Waals surface area contributed by atoms with Crippen LogP contribution in [-0.2, 0) is 6.18 Å². The summed E-state index contributed by atoms with van der Waals surface area (Å²) in [6.45, 7) is 0. The van der Waals surface area contributed by atoms with Crippen molar-refractivity contribution in [3.05, 3.63) is 34.1 Å². The number of carbonyl (C=O) groups is 1. The number of hydrogen-bond acceptors (Lipinski definition) is 3. The van der Waals surface area contributed by atoms with Crippen LogP contribution >= 0.6 is 15.9 Å². The first kappa shape index (κ1) is 13.6. The summed E-state index contributed by atoms with van der Waals surface area (Å²) in [5, 5.41) is 9.87. The molecular weight excluding hydrogens is 329 g/mol. The van der Waals surface area contributed by atoms with E-state index in [2.05, 4.69) is 20.9 Å². The quantitative estimate of drug-likeness (QED) is 0.787. The lowest BCUT2D eigenvalue weighted by Gasteiger charge is -2.10. The van der Waals surface area contributed by atoms with Crippen molar-refractivity contribution in [2.45, 2.75) is 6.18 Å². The van der Waals surface area contributed by atoms with Crippen LogP contribution in [0.4, 0.5) is 13.2 Å². The molecule has 0 aliphatic carbocycles. The summed E-state index contributed by atoms with van der Waals surface area (Å²) in [7, 11) is 0. The standard InChI is InChI=1S/C11H6BrF3N2O2/c12-9-6-3-4(11(13,14)15)1-2-5(6)8(18)7(17-9)10(16)19/h1-3,18H,(H2,16,19). The molecule has 0 saturated heterocycles. The molecule has 1 aromatic heterocycles. The van der Waals surface area contributed by atoms with E-state index in [1.54, 1.807) is 0 Å². The van der Waals surface area contributed by atoms with E-state index in [0.717, 1.165) is 18.2 Å². The lowest BCUT2D eigenvalue weighted by Crippen LogP contribution is -2.14. The van der Waals surface area contributed by atoms with Crippen LogP contribution in [-0.4, -0.2) is 16.0 Å². The van der Waals surface area contributed by atoms with Crippen LogP contribution in [0.25, 0.3) is 10.8 Å². The molecule has 0 aliphatic heterocycles. The smallest absolute Gasteiger partial charge is 0.416 e. The first-order chi connectivity index (χ1) is 8.71. The van der Waals surface area contributed by atoms with Crippen molar-refractivity contribution in [2.24, 2.45) is 5.73 Å². The lowest BCUT2D eigenvalue weighted by molar-refractivity contribution is -0.137. The van der Waals surface area contributed by atoms with E-state index >= 15 is 0 Å². The van der Waals surface area contributed by atoms with Crippen molar-refractivity contribution in [1.29, 1.82) is 0 Å². The van der Waals surface area contributed by atoms with E-state index in [1.807, 2.05) is 0 Å². The highest BCUT2D eigenvalue weighted by atomic mass is 79.9. The molecule has 19 heavy (non-hydrogen) atoms. The predicted molar refractivity (Wildman–Crippen MR) is 64.6 cm³/mol. The van der Waals surface area contributed by atoms with Gasteiger partial charge in [0.25, 0.3) is 5.91 Å². The van der Waals surface area contributed by atoms with Crippen molar-refractivity contribution >= 4 is 32.6 Å². The van der Waals surface area contributed by atoms with Crippen LogP contribution in [0, 0.1) is 0 Å². The summed E-state index contributed by atoms with van der Waals surface area (Å²) in [4.78, 5) is 14.7. The highest BCUT2D eigenvalue weighted by molar-refractivity contribution is 9.10. The Balaban J connectivity index is 2.80. The predicted octanol–water partition coefficient (Wildman–Crippen LogP) is 2.82. The molecule has 1 aromatic carbocycles. The third kappa shape index (κ3) is 2.35. The van der Waals surface area contributed by atoms with Gasteiger partial charge in [0.2, 0.25) is 0 Å². The van der Waals surface area contributed by atoms with Gasteiger partial charge in [0.15, 0.2) is 11.4 Å². The third-order valence-electron chi connectivity index (χ3n) is 2.49. The van der Waals surface area contributed by atoms with E-state index < -0.39 is 29.1 Å². The molecule has 1 heterocycles. The second-order valence-electron chi connectivity index (χ2n) is 3.72. The Bertz CT molecular complexity index is 686. The van der Waals surface area contributed by atoms with Gasteiger partial charge in [-0.05, 0) is 34.1 Å². The van der Waals surface area contributed by atoms with Crippen LogP contribution in [0.1, 0.15) is 16.1 Å². The molecule has 0 saturated carbocycles. The fourth-order valence-corrected chi connectivity index (χ4v) is 2.11. The van der Waals surface area contributed by atoms with Gasteiger partial charge >= 0.3 is 6.18 Å². The number of aromatic hydroxyl groups is 1. The lowest BCUT2D eigenvalue weighted by atomic mass is 10.1. The minimum Gasteiger partial charge on any atom is -0.505 e. The van der Waals surface area contributed by atoms with Crippen LogP contribution < -0.4 is 5.73 Å². The van der Waals surface area contributed by atoms with Gasteiger partial charge in [0.1, 0.15) is 4.60 Å². The van der Waals surface area contributed by atoms with Crippen molar-refractivity contribution in [2.75, 3.05) is 0 Å². The van der Waals surface area contributed by atoms with Crippen molar-refractivity contribution in [3.8, 4) is 5.75 Å². The SMILES string of the molecule is NC(=O)c1nc(Br)c2cc(C(F)(F)F)ccc2c1O. The number of pyridine rings is 1. The van der Waals surface area contributed by atoms with Crippen LogP contribution in [0.5, 0.6) is 5.75 Å². The summed E-state index contributed by atoms with van der Waals surface area (Å²) in [6.07, 6.45) is -4.51. The molecule has 8 heteroatoms. The summed E-state index contributed by atoms with van der Waals surface area (Å²) < 4.78 is 37.7. The van der Waals surface area contributed by atoms with Gasteiger partial charge < -0.3 is 10.8 Å². The topological polar surface area (TPSA) is 76.2 Å². The zero-order valence-corrected chi connectivity index (χ0v) is 10.7. The number of nitrogens with two attached hydrogens (primary N) is 1. The number of aromatic nitrogens is 1. The molecule has 0 unspecified atom stereocenters. The van der Waals surface area contributed by atoms with Crippen LogP contribution in [0.15, 0.2) is 22.8 Å². The maximum atomic E-state index is 12.6. The highest BCUT2D eigenvalue weighted by Crippen LogP contribution is 2.37. The summed E-state index contributed by atoms with van der Waals surface area (Å²) in [6, 6.07) is 2.70. The Kier molecular flexibility index (Phi) is 3.13. The number of carbonyl (C=O) groups excluding carboxylic acids is 1. The maximum absolute atomic E-state index is 12.6. The second kappa shape index (κ2) is 4.37. The number of fused-ring (bicyclic) bond motifs is 1. The number of primary amides is 1. The Morgan fingerprint density at radius 3 is 2.47 bits per heavy atom. The van der Waals surface area contributed by atoms with Crippen LogP contribution in [0.2, 0.25) is 0 Å². The molecule has 0 aliphatic rings. The van der Waals surface area contributed by atoms with Gasteiger partial charge in [0.05, 0.1) is 5.56 Å². The maximum Gasteiger partial charge on any atom is 0.416 e. The third-order valence-corrected chi connectivity index (χ3v) is 3.10. The van der Waals surface area contributed by atoms with Crippen molar-refractivity contribution < 1.29 is 23.1 Å². The molecule has 0 bridgehead atoms. The Morgan fingerprint density at radius 1 is 1.32 bits per heavy atom. The minimum absolute atomic E-state index is 0.000185. The average Bonchev–Trinajstić information content (AvgIpc) is 2.31. The normalized spacial score (nSPS) is 11.8. The van der Waals surface area contributed by atoms with E-state index in [9.17, 15) is 23.1 Å². The van der Waals surface area contributed by atoms with E-state index in [4.69, 9.17) is 5.73 Å². The van der Waals surface area contributed by atoms with Gasteiger partial charge in [-0.3, -0.25) is 4.79 Å². The first-order valence-corrected chi connectivity index (χ1v) is 5.70.